The smallest absolute Gasteiger partial charge is 0.241 e. The fourth-order valence-corrected chi connectivity index (χ4v) is 4.49. The molecule has 0 fully saturated rings. The van der Waals surface area contributed by atoms with E-state index in [1.54, 1.807) is 12.1 Å². The predicted octanol–water partition coefficient (Wildman–Crippen LogP) is 3.81. The number of fused-ring (bicyclic) bond motifs is 1. The highest BCUT2D eigenvalue weighted by molar-refractivity contribution is 7.89. The van der Waals surface area contributed by atoms with Gasteiger partial charge in [0.05, 0.1) is 4.90 Å². The number of rotatable bonds is 5. The highest BCUT2D eigenvalue weighted by Crippen LogP contribution is 2.25. The third-order valence-electron chi connectivity index (χ3n) is 4.78. The van der Waals surface area contributed by atoms with Crippen molar-refractivity contribution in [1.29, 1.82) is 0 Å². The molecule has 1 aliphatic carbocycles. The van der Waals surface area contributed by atoms with Crippen LogP contribution in [0.2, 0.25) is 0 Å². The third kappa shape index (κ3) is 3.99. The Kier molecular flexibility index (Phi) is 5.06. The molecule has 5 heteroatoms. The maximum atomic E-state index is 12.6. The molecule has 132 valence electrons. The van der Waals surface area contributed by atoms with Gasteiger partial charge < -0.3 is 0 Å². The summed E-state index contributed by atoms with van der Waals surface area (Å²) < 4.78 is 27.9. The van der Waals surface area contributed by atoms with Crippen LogP contribution in [0.3, 0.4) is 0 Å². The number of aryl methyl sites for hydroxylation is 2. The van der Waals surface area contributed by atoms with E-state index in [9.17, 15) is 13.2 Å². The number of hydrogen-bond donors (Lipinski definition) is 1. The van der Waals surface area contributed by atoms with E-state index in [-0.39, 0.29) is 16.7 Å². The van der Waals surface area contributed by atoms with E-state index in [1.165, 1.54) is 43.0 Å². The average Bonchev–Trinajstić information content (AvgIpc) is 2.61. The molecule has 0 aromatic heterocycles. The van der Waals surface area contributed by atoms with E-state index in [2.05, 4.69) is 16.9 Å². The quantitative estimate of drug-likeness (QED) is 0.828. The monoisotopic (exact) mass is 357 g/mol. The zero-order chi connectivity index (χ0) is 18.0. The van der Waals surface area contributed by atoms with E-state index in [0.717, 1.165) is 18.4 Å². The van der Waals surface area contributed by atoms with Gasteiger partial charge in [-0.05, 0) is 68.4 Å². The summed E-state index contributed by atoms with van der Waals surface area (Å²) in [5, 5.41) is 0. The van der Waals surface area contributed by atoms with Crippen LogP contribution in [0.5, 0.6) is 0 Å². The lowest BCUT2D eigenvalue weighted by Crippen LogP contribution is -2.27. The van der Waals surface area contributed by atoms with Gasteiger partial charge in [-0.25, -0.2) is 13.1 Å². The van der Waals surface area contributed by atoms with Gasteiger partial charge in [-0.3, -0.25) is 4.79 Å². The molecule has 0 bridgehead atoms. The summed E-state index contributed by atoms with van der Waals surface area (Å²) in [5.41, 5.74) is 4.19. The zero-order valence-electron chi connectivity index (χ0n) is 14.6. The van der Waals surface area contributed by atoms with Crippen LogP contribution in [0.4, 0.5) is 0 Å². The van der Waals surface area contributed by atoms with E-state index in [0.29, 0.717) is 5.56 Å². The summed E-state index contributed by atoms with van der Waals surface area (Å²) in [4.78, 5) is 11.5. The van der Waals surface area contributed by atoms with Crippen LogP contribution >= 0.6 is 0 Å². The van der Waals surface area contributed by atoms with Gasteiger partial charge in [0.25, 0.3) is 0 Å². The molecule has 0 amide bonds. The standard InChI is InChI=1S/C20H23NO3S/c1-14(18-8-7-17-5-3-4-6-19(17)13-18)21-25(23,24)20-11-9-16(10-12-20)15(2)22/h7-14,21H,3-6H2,1-2H3/t14-/m0/s1. The first-order valence-corrected chi connectivity index (χ1v) is 10.1. The molecule has 0 heterocycles. The molecule has 0 unspecified atom stereocenters. The molecule has 0 saturated heterocycles. The van der Waals surface area contributed by atoms with Crippen LogP contribution in [0, 0.1) is 0 Å². The minimum atomic E-state index is -3.63. The number of benzene rings is 2. The lowest BCUT2D eigenvalue weighted by Gasteiger charge is -2.20. The molecule has 1 N–H and O–H groups in total. The van der Waals surface area contributed by atoms with Crippen molar-refractivity contribution in [3.63, 3.8) is 0 Å². The molecule has 4 nitrogen and oxygen atoms in total. The van der Waals surface area contributed by atoms with E-state index >= 15 is 0 Å². The molecule has 25 heavy (non-hydrogen) atoms. The molecule has 2 aromatic carbocycles. The Morgan fingerprint density at radius 3 is 2.28 bits per heavy atom. The minimum Gasteiger partial charge on any atom is -0.295 e. The molecular weight excluding hydrogens is 334 g/mol. The SMILES string of the molecule is CC(=O)c1ccc(S(=O)(=O)N[C@@H](C)c2ccc3c(c2)CCCC3)cc1. The first kappa shape index (κ1) is 17.8. The van der Waals surface area contributed by atoms with Crippen molar-refractivity contribution in [2.75, 3.05) is 0 Å². The first-order chi connectivity index (χ1) is 11.9. The minimum absolute atomic E-state index is 0.0839. The van der Waals surface area contributed by atoms with Crippen molar-refractivity contribution in [1.82, 2.24) is 4.72 Å². The van der Waals surface area contributed by atoms with Gasteiger partial charge in [-0.15, -0.1) is 0 Å². The van der Waals surface area contributed by atoms with Gasteiger partial charge >= 0.3 is 0 Å². The molecule has 1 atom stereocenters. The molecule has 0 spiro atoms. The number of carbonyl (C=O) groups excluding carboxylic acids is 1. The van der Waals surface area contributed by atoms with Crippen molar-refractivity contribution >= 4 is 15.8 Å². The van der Waals surface area contributed by atoms with Crippen molar-refractivity contribution in [2.45, 2.75) is 50.5 Å². The fourth-order valence-electron chi connectivity index (χ4n) is 3.26. The zero-order valence-corrected chi connectivity index (χ0v) is 15.4. The van der Waals surface area contributed by atoms with Crippen molar-refractivity contribution in [3.8, 4) is 0 Å². The van der Waals surface area contributed by atoms with Crippen molar-refractivity contribution in [3.05, 3.63) is 64.7 Å². The highest BCUT2D eigenvalue weighted by atomic mass is 32.2. The average molecular weight is 357 g/mol. The number of sulfonamides is 1. The number of hydrogen-bond acceptors (Lipinski definition) is 3. The summed E-state index contributed by atoms with van der Waals surface area (Å²) in [5.74, 6) is -0.0839. The van der Waals surface area contributed by atoms with Crippen LogP contribution in [0.1, 0.15) is 59.8 Å². The van der Waals surface area contributed by atoms with Crippen LogP contribution in [-0.2, 0) is 22.9 Å². The van der Waals surface area contributed by atoms with Crippen LogP contribution in [0.25, 0.3) is 0 Å². The van der Waals surface area contributed by atoms with Gasteiger partial charge in [0.2, 0.25) is 10.0 Å². The molecule has 3 rings (SSSR count). The molecular formula is C20H23NO3S. The van der Waals surface area contributed by atoms with Crippen molar-refractivity contribution in [2.24, 2.45) is 0 Å². The third-order valence-corrected chi connectivity index (χ3v) is 6.33. The second-order valence-corrected chi connectivity index (χ2v) is 8.37. The summed E-state index contributed by atoms with van der Waals surface area (Å²) in [7, 11) is -3.63. The Morgan fingerprint density at radius 2 is 1.64 bits per heavy atom. The van der Waals surface area contributed by atoms with E-state index in [4.69, 9.17) is 0 Å². The molecule has 1 aliphatic rings. The Balaban J connectivity index is 1.79. The van der Waals surface area contributed by atoms with Gasteiger partial charge in [-0.2, -0.15) is 0 Å². The maximum Gasteiger partial charge on any atom is 0.241 e. The van der Waals surface area contributed by atoms with Crippen LogP contribution in [0.15, 0.2) is 47.4 Å². The molecule has 2 aromatic rings. The van der Waals surface area contributed by atoms with E-state index < -0.39 is 10.0 Å². The van der Waals surface area contributed by atoms with Crippen LogP contribution in [-0.4, -0.2) is 14.2 Å². The summed E-state index contributed by atoms with van der Waals surface area (Å²) >= 11 is 0. The van der Waals surface area contributed by atoms with Crippen LogP contribution < -0.4 is 4.72 Å². The lowest BCUT2D eigenvalue weighted by molar-refractivity contribution is 0.101. The summed E-state index contributed by atoms with van der Waals surface area (Å²) in [6.45, 7) is 3.31. The Bertz CT molecular complexity index is 886. The second-order valence-electron chi connectivity index (χ2n) is 6.66. The van der Waals surface area contributed by atoms with Gasteiger partial charge in [-0.1, -0.05) is 30.3 Å². The number of ketones is 1. The summed E-state index contributed by atoms with van der Waals surface area (Å²) in [6, 6.07) is 12.0. The number of Topliss-reactive ketones (excluding diaryl/α,β-unsaturated/α-hetero) is 1. The molecule has 0 radical (unpaired) electrons. The largest absolute Gasteiger partial charge is 0.295 e. The predicted molar refractivity (Wildman–Crippen MR) is 98.3 cm³/mol. The highest BCUT2D eigenvalue weighted by Gasteiger charge is 2.20. The van der Waals surface area contributed by atoms with Gasteiger partial charge in [0.15, 0.2) is 5.78 Å². The topological polar surface area (TPSA) is 63.2 Å². The number of nitrogens with one attached hydrogen (secondary N) is 1. The van der Waals surface area contributed by atoms with Crippen molar-refractivity contribution < 1.29 is 13.2 Å². The normalized spacial score (nSPS) is 15.4. The Morgan fingerprint density at radius 1 is 1.00 bits per heavy atom. The second kappa shape index (κ2) is 7.10. The maximum absolute atomic E-state index is 12.6. The first-order valence-electron chi connectivity index (χ1n) is 8.62. The summed E-state index contributed by atoms with van der Waals surface area (Å²) in [6.07, 6.45) is 4.59. The van der Waals surface area contributed by atoms with E-state index in [1.807, 2.05) is 13.0 Å². The lowest BCUT2D eigenvalue weighted by atomic mass is 9.89. The Hall–Kier alpha value is -1.98. The number of carbonyl (C=O) groups is 1. The van der Waals surface area contributed by atoms with Gasteiger partial charge in [0, 0.05) is 11.6 Å². The van der Waals surface area contributed by atoms with Gasteiger partial charge in [0.1, 0.15) is 0 Å². The molecule has 0 saturated carbocycles. The Labute approximate surface area is 149 Å². The molecule has 0 aliphatic heterocycles. The fraction of sp³-hybridized carbons (Fsp3) is 0.350.